The Balaban J connectivity index is 1.89. The summed E-state index contributed by atoms with van der Waals surface area (Å²) in [7, 11) is 6.76. The third-order valence-corrected chi connectivity index (χ3v) is 7.75. The van der Waals surface area contributed by atoms with Gasteiger partial charge in [0.15, 0.2) is 11.3 Å². The molecule has 0 bridgehead atoms. The van der Waals surface area contributed by atoms with Gasteiger partial charge in [0, 0.05) is 18.3 Å². The average Bonchev–Trinajstić information content (AvgIpc) is 3.19. The number of unbranched alkanes of at least 4 members (excludes halogenated alkanes) is 9. The van der Waals surface area contributed by atoms with E-state index in [0.29, 0.717) is 5.57 Å². The van der Waals surface area contributed by atoms with Crippen molar-refractivity contribution in [3.05, 3.63) is 46.7 Å². The van der Waals surface area contributed by atoms with Crippen LogP contribution in [0.1, 0.15) is 90.5 Å². The Morgan fingerprint density at radius 1 is 0.846 bits per heavy atom. The maximum atomic E-state index is 9.83. The van der Waals surface area contributed by atoms with Gasteiger partial charge >= 0.3 is 0 Å². The fourth-order valence-electron chi connectivity index (χ4n) is 5.24. The van der Waals surface area contributed by atoms with Crippen LogP contribution in [0.5, 0.6) is 0 Å². The van der Waals surface area contributed by atoms with Gasteiger partial charge in [0.05, 0.1) is 33.7 Å². The maximum Gasteiger partial charge on any atom is 0.172 e. The lowest BCUT2D eigenvalue weighted by Gasteiger charge is -2.32. The van der Waals surface area contributed by atoms with Gasteiger partial charge in [-0.1, -0.05) is 70.4 Å². The van der Waals surface area contributed by atoms with Gasteiger partial charge in [-0.05, 0) is 44.4 Å². The summed E-state index contributed by atoms with van der Waals surface area (Å²) >= 11 is 0. The zero-order valence-corrected chi connectivity index (χ0v) is 25.1. The standard InChI is InChI=1S/C33H48N5O/c1-7-8-9-10-11-12-13-14-15-16-22-38(5,6)23-21-37(4)29-19-17-27(18-20-29)31-30(26-36)32(28(24-34)25-35)39-33(31,2)3/h17-20H,7-16,21-23H2,1-6H3/q+1. The second-order valence-corrected chi connectivity index (χ2v) is 11.9. The van der Waals surface area contributed by atoms with Crippen LogP contribution in [0.15, 0.2) is 41.2 Å². The van der Waals surface area contributed by atoms with E-state index in [1.165, 1.54) is 70.8 Å². The van der Waals surface area contributed by atoms with E-state index < -0.39 is 5.60 Å². The maximum absolute atomic E-state index is 9.83. The topological polar surface area (TPSA) is 83.8 Å². The third-order valence-electron chi connectivity index (χ3n) is 7.75. The van der Waals surface area contributed by atoms with Crippen molar-refractivity contribution >= 4 is 11.3 Å². The predicted molar refractivity (Wildman–Crippen MR) is 159 cm³/mol. The third kappa shape index (κ3) is 9.45. The van der Waals surface area contributed by atoms with Gasteiger partial charge in [-0.3, -0.25) is 0 Å². The van der Waals surface area contributed by atoms with Crippen LogP contribution in [0.3, 0.4) is 0 Å². The van der Waals surface area contributed by atoms with Crippen LogP contribution in [0.4, 0.5) is 5.69 Å². The van der Waals surface area contributed by atoms with E-state index in [9.17, 15) is 15.8 Å². The molecular formula is C33H48N5O+. The lowest BCUT2D eigenvalue weighted by Crippen LogP contribution is -2.45. The minimum Gasteiger partial charge on any atom is -0.480 e. The van der Waals surface area contributed by atoms with Crippen molar-refractivity contribution in [1.29, 1.82) is 15.8 Å². The quantitative estimate of drug-likeness (QED) is 0.125. The molecule has 0 N–H and O–H groups in total. The minimum atomic E-state index is -0.817. The van der Waals surface area contributed by atoms with Gasteiger partial charge in [-0.15, -0.1) is 0 Å². The number of nitrogens with zero attached hydrogens (tertiary/aromatic N) is 5. The molecule has 0 unspecified atom stereocenters. The molecule has 6 heteroatoms. The average molecular weight is 531 g/mol. The molecule has 210 valence electrons. The van der Waals surface area contributed by atoms with Crippen molar-refractivity contribution < 1.29 is 9.22 Å². The number of nitriles is 3. The van der Waals surface area contributed by atoms with E-state index >= 15 is 0 Å². The molecule has 0 aromatic heterocycles. The Morgan fingerprint density at radius 2 is 1.38 bits per heavy atom. The van der Waals surface area contributed by atoms with E-state index in [1.54, 1.807) is 0 Å². The second kappa shape index (κ2) is 15.4. The molecule has 6 nitrogen and oxygen atoms in total. The molecule has 0 spiro atoms. The van der Waals surface area contributed by atoms with Crippen LogP contribution in [0, 0.1) is 34.0 Å². The minimum absolute atomic E-state index is 0.0751. The second-order valence-electron chi connectivity index (χ2n) is 11.9. The molecule has 0 amide bonds. The smallest absolute Gasteiger partial charge is 0.172 e. The SMILES string of the molecule is CCCCCCCCCCCC[N+](C)(C)CCN(C)c1ccc(C2=C(C#N)C(=C(C#N)C#N)OC2(C)C)cc1. The Labute approximate surface area is 237 Å². The first-order valence-corrected chi connectivity index (χ1v) is 14.6. The fourth-order valence-corrected chi connectivity index (χ4v) is 5.24. The number of ether oxygens (including phenoxy) is 1. The Bertz CT molecular complexity index is 1110. The van der Waals surface area contributed by atoms with Crippen LogP contribution in [-0.2, 0) is 4.74 Å². The molecule has 0 atom stereocenters. The van der Waals surface area contributed by atoms with E-state index in [4.69, 9.17) is 4.74 Å². The van der Waals surface area contributed by atoms with Gasteiger partial charge in [0.25, 0.3) is 0 Å². The van der Waals surface area contributed by atoms with E-state index in [2.05, 4.69) is 51.2 Å². The lowest BCUT2D eigenvalue weighted by molar-refractivity contribution is -0.889. The molecule has 1 aliphatic rings. The highest BCUT2D eigenvalue weighted by molar-refractivity contribution is 5.84. The summed E-state index contributed by atoms with van der Waals surface area (Å²) in [6.45, 7) is 9.20. The van der Waals surface area contributed by atoms with E-state index in [-0.39, 0.29) is 16.9 Å². The van der Waals surface area contributed by atoms with Crippen molar-refractivity contribution in [2.24, 2.45) is 0 Å². The summed E-state index contributed by atoms with van der Waals surface area (Å²) < 4.78 is 6.93. The van der Waals surface area contributed by atoms with Crippen molar-refractivity contribution in [3.8, 4) is 18.2 Å². The zero-order valence-electron chi connectivity index (χ0n) is 25.1. The van der Waals surface area contributed by atoms with Crippen LogP contribution in [-0.4, -0.2) is 50.9 Å². The number of likely N-dealkylation sites (N-methyl/N-ethyl adjacent to an activating group) is 2. The molecule has 0 radical (unpaired) electrons. The number of quaternary nitrogens is 1. The molecule has 39 heavy (non-hydrogen) atoms. The van der Waals surface area contributed by atoms with Crippen LogP contribution in [0.25, 0.3) is 5.57 Å². The molecule has 0 saturated carbocycles. The summed E-state index contributed by atoms with van der Waals surface area (Å²) in [6, 6.07) is 14.0. The Morgan fingerprint density at radius 3 is 1.90 bits per heavy atom. The molecule has 0 aliphatic carbocycles. The van der Waals surface area contributed by atoms with Crippen LogP contribution in [0.2, 0.25) is 0 Å². The number of benzene rings is 1. The number of hydrogen-bond acceptors (Lipinski definition) is 5. The summed E-state index contributed by atoms with van der Waals surface area (Å²) in [5.41, 5.74) is 1.93. The molecule has 1 heterocycles. The highest BCUT2D eigenvalue weighted by Crippen LogP contribution is 2.45. The largest absolute Gasteiger partial charge is 0.480 e. The van der Waals surface area contributed by atoms with Crippen LogP contribution < -0.4 is 4.90 Å². The highest BCUT2D eigenvalue weighted by atomic mass is 16.5. The van der Waals surface area contributed by atoms with Crippen molar-refractivity contribution in [1.82, 2.24) is 0 Å². The summed E-state index contributed by atoms with van der Waals surface area (Å²) in [4.78, 5) is 2.27. The summed E-state index contributed by atoms with van der Waals surface area (Å²) in [5.74, 6) is 0.0751. The molecule has 1 aliphatic heterocycles. The van der Waals surface area contributed by atoms with E-state index in [0.717, 1.165) is 28.8 Å². The Hall–Kier alpha value is -3.27. The normalized spacial score (nSPS) is 14.4. The number of rotatable bonds is 16. The summed E-state index contributed by atoms with van der Waals surface area (Å²) in [6.07, 6.45) is 13.7. The first-order valence-electron chi connectivity index (χ1n) is 14.6. The molecular weight excluding hydrogens is 482 g/mol. The van der Waals surface area contributed by atoms with Crippen molar-refractivity contribution in [3.63, 3.8) is 0 Å². The molecule has 1 aromatic rings. The Kier molecular flexibility index (Phi) is 12.6. The van der Waals surface area contributed by atoms with Crippen molar-refractivity contribution in [2.75, 3.05) is 45.7 Å². The lowest BCUT2D eigenvalue weighted by atomic mass is 9.89. The molecule has 0 fully saturated rings. The fraction of sp³-hybridized carbons (Fsp3) is 0.606. The summed E-state index contributed by atoms with van der Waals surface area (Å²) in [5, 5.41) is 28.4. The first kappa shape index (κ1) is 31.9. The van der Waals surface area contributed by atoms with Gasteiger partial charge in [-0.25, -0.2) is 0 Å². The number of hydrogen-bond donors (Lipinski definition) is 0. The zero-order chi connectivity index (χ0) is 28.9. The van der Waals surface area contributed by atoms with Gasteiger partial charge in [0.1, 0.15) is 29.4 Å². The molecule has 0 saturated heterocycles. The highest BCUT2D eigenvalue weighted by Gasteiger charge is 2.40. The molecule has 2 rings (SSSR count). The van der Waals surface area contributed by atoms with Gasteiger partial charge < -0.3 is 14.1 Å². The van der Waals surface area contributed by atoms with Gasteiger partial charge in [0.2, 0.25) is 0 Å². The van der Waals surface area contributed by atoms with Gasteiger partial charge in [-0.2, -0.15) is 15.8 Å². The monoisotopic (exact) mass is 530 g/mol. The number of anilines is 1. The molecule has 1 aromatic carbocycles. The van der Waals surface area contributed by atoms with Crippen molar-refractivity contribution in [2.45, 2.75) is 90.6 Å². The first-order chi connectivity index (χ1) is 18.6. The van der Waals surface area contributed by atoms with Crippen LogP contribution >= 0.6 is 0 Å². The predicted octanol–water partition coefficient (Wildman–Crippen LogP) is 7.51. The van der Waals surface area contributed by atoms with E-state index in [1.807, 2.05) is 38.1 Å². The number of allylic oxidation sites excluding steroid dienone is 2.